The first-order chi connectivity index (χ1) is 11.7. The van der Waals surface area contributed by atoms with Crippen LogP contribution in [0, 0.1) is 5.92 Å². The highest BCUT2D eigenvalue weighted by molar-refractivity contribution is 6.09. The largest absolute Gasteiger partial charge is 0.354 e. The van der Waals surface area contributed by atoms with E-state index in [-0.39, 0.29) is 11.8 Å². The molecule has 8 heteroatoms. The SMILES string of the molecule is CCc1nnnn1CCNC(=O)C1CCN(c2ccccc2)C1=O. The van der Waals surface area contributed by atoms with Crippen LogP contribution in [-0.2, 0) is 22.6 Å². The maximum atomic E-state index is 12.5. The molecular formula is C16H20N6O2. The highest BCUT2D eigenvalue weighted by Crippen LogP contribution is 2.24. The van der Waals surface area contributed by atoms with Crippen molar-refractivity contribution in [3.63, 3.8) is 0 Å². The number of anilines is 1. The Morgan fingerprint density at radius 2 is 2.12 bits per heavy atom. The molecule has 0 bridgehead atoms. The lowest BCUT2D eigenvalue weighted by Gasteiger charge is -2.16. The number of tetrazole rings is 1. The van der Waals surface area contributed by atoms with Crippen LogP contribution in [0.4, 0.5) is 5.69 Å². The van der Waals surface area contributed by atoms with Crippen molar-refractivity contribution in [2.24, 2.45) is 5.92 Å². The fourth-order valence-electron chi connectivity index (χ4n) is 2.85. The van der Waals surface area contributed by atoms with Crippen LogP contribution in [0.2, 0.25) is 0 Å². The van der Waals surface area contributed by atoms with Crippen LogP contribution in [-0.4, -0.2) is 45.1 Å². The van der Waals surface area contributed by atoms with Gasteiger partial charge in [0, 0.05) is 25.2 Å². The summed E-state index contributed by atoms with van der Waals surface area (Å²) in [5, 5.41) is 14.2. The van der Waals surface area contributed by atoms with Gasteiger partial charge in [0.15, 0.2) is 5.82 Å². The predicted molar refractivity (Wildman–Crippen MR) is 87.1 cm³/mol. The predicted octanol–water partition coefficient (Wildman–Crippen LogP) is 0.405. The normalized spacial score (nSPS) is 17.3. The van der Waals surface area contributed by atoms with Gasteiger partial charge in [-0.3, -0.25) is 9.59 Å². The summed E-state index contributed by atoms with van der Waals surface area (Å²) in [5.74, 6) is -0.221. The highest BCUT2D eigenvalue weighted by atomic mass is 16.2. The number of aromatic nitrogens is 4. The van der Waals surface area contributed by atoms with E-state index in [1.54, 1.807) is 9.58 Å². The van der Waals surface area contributed by atoms with Crippen LogP contribution in [0.15, 0.2) is 30.3 Å². The number of carbonyl (C=O) groups excluding carboxylic acids is 2. The van der Waals surface area contributed by atoms with Gasteiger partial charge in [0.25, 0.3) is 0 Å². The minimum absolute atomic E-state index is 0.143. The van der Waals surface area contributed by atoms with Gasteiger partial charge in [0.1, 0.15) is 5.92 Å². The zero-order chi connectivity index (χ0) is 16.9. The fourth-order valence-corrected chi connectivity index (χ4v) is 2.85. The Bertz CT molecular complexity index is 714. The van der Waals surface area contributed by atoms with Crippen LogP contribution in [0.25, 0.3) is 0 Å². The maximum Gasteiger partial charge on any atom is 0.239 e. The van der Waals surface area contributed by atoms with E-state index in [2.05, 4.69) is 20.8 Å². The number of aryl methyl sites for hydroxylation is 1. The van der Waals surface area contributed by atoms with Gasteiger partial charge in [0.2, 0.25) is 11.8 Å². The molecule has 1 fully saturated rings. The fraction of sp³-hybridized carbons (Fsp3) is 0.438. The lowest BCUT2D eigenvalue weighted by molar-refractivity contribution is -0.132. The van der Waals surface area contributed by atoms with Gasteiger partial charge in [-0.25, -0.2) is 4.68 Å². The molecule has 2 aromatic rings. The quantitative estimate of drug-likeness (QED) is 0.775. The third kappa shape index (κ3) is 3.27. The molecule has 24 heavy (non-hydrogen) atoms. The third-order valence-electron chi connectivity index (χ3n) is 4.13. The van der Waals surface area contributed by atoms with Crippen LogP contribution in [0.1, 0.15) is 19.2 Å². The number of amides is 2. The molecule has 1 aliphatic rings. The van der Waals surface area contributed by atoms with E-state index >= 15 is 0 Å². The van der Waals surface area contributed by atoms with Crippen molar-refractivity contribution in [2.75, 3.05) is 18.0 Å². The Morgan fingerprint density at radius 1 is 1.33 bits per heavy atom. The van der Waals surface area contributed by atoms with E-state index in [9.17, 15) is 9.59 Å². The molecule has 1 aromatic carbocycles. The molecule has 0 aliphatic carbocycles. The zero-order valence-corrected chi connectivity index (χ0v) is 13.6. The van der Waals surface area contributed by atoms with Crippen LogP contribution < -0.4 is 10.2 Å². The van der Waals surface area contributed by atoms with E-state index in [0.717, 1.165) is 17.9 Å². The summed E-state index contributed by atoms with van der Waals surface area (Å²) in [6.07, 6.45) is 1.26. The summed E-state index contributed by atoms with van der Waals surface area (Å²) in [4.78, 5) is 26.4. The van der Waals surface area contributed by atoms with Gasteiger partial charge in [-0.05, 0) is 29.0 Å². The van der Waals surface area contributed by atoms with Crippen LogP contribution in [0.5, 0.6) is 0 Å². The summed E-state index contributed by atoms with van der Waals surface area (Å²) in [7, 11) is 0. The van der Waals surface area contributed by atoms with E-state index in [4.69, 9.17) is 0 Å². The van der Waals surface area contributed by atoms with E-state index < -0.39 is 5.92 Å². The standard InChI is InChI=1S/C16H20N6O2/c1-2-14-18-19-20-22(14)11-9-17-15(23)13-8-10-21(16(13)24)12-6-4-3-5-7-12/h3-7,13H,2,8-11H2,1H3,(H,17,23). The number of hydrogen-bond acceptors (Lipinski definition) is 5. The molecule has 1 atom stereocenters. The van der Waals surface area contributed by atoms with Crippen LogP contribution >= 0.6 is 0 Å². The first kappa shape index (κ1) is 16.1. The molecule has 0 spiro atoms. The Kier molecular flexibility index (Phi) is 4.83. The lowest BCUT2D eigenvalue weighted by atomic mass is 10.1. The minimum Gasteiger partial charge on any atom is -0.354 e. The minimum atomic E-state index is -0.621. The van der Waals surface area contributed by atoms with Gasteiger partial charge in [-0.2, -0.15) is 0 Å². The molecule has 1 unspecified atom stereocenters. The summed E-state index contributed by atoms with van der Waals surface area (Å²) < 4.78 is 1.66. The molecule has 3 rings (SSSR count). The Balaban J connectivity index is 1.53. The number of nitrogens with one attached hydrogen (secondary N) is 1. The van der Waals surface area contributed by atoms with Gasteiger partial charge in [-0.1, -0.05) is 25.1 Å². The first-order valence-corrected chi connectivity index (χ1v) is 8.10. The topological polar surface area (TPSA) is 93.0 Å². The van der Waals surface area contributed by atoms with Crippen molar-refractivity contribution in [2.45, 2.75) is 26.3 Å². The zero-order valence-electron chi connectivity index (χ0n) is 13.6. The molecule has 126 valence electrons. The molecule has 2 amide bonds. The van der Waals surface area contributed by atoms with Crippen molar-refractivity contribution < 1.29 is 9.59 Å². The van der Waals surface area contributed by atoms with Crippen molar-refractivity contribution in [3.8, 4) is 0 Å². The second-order valence-corrected chi connectivity index (χ2v) is 5.63. The number of rotatable bonds is 6. The highest BCUT2D eigenvalue weighted by Gasteiger charge is 2.37. The molecule has 1 aromatic heterocycles. The third-order valence-corrected chi connectivity index (χ3v) is 4.13. The van der Waals surface area contributed by atoms with E-state index in [1.807, 2.05) is 37.3 Å². The van der Waals surface area contributed by atoms with Crippen molar-refractivity contribution in [3.05, 3.63) is 36.2 Å². The van der Waals surface area contributed by atoms with Gasteiger partial charge >= 0.3 is 0 Å². The Hall–Kier alpha value is -2.77. The number of para-hydroxylation sites is 1. The monoisotopic (exact) mass is 328 g/mol. The molecule has 1 aliphatic heterocycles. The Morgan fingerprint density at radius 3 is 2.88 bits per heavy atom. The van der Waals surface area contributed by atoms with Crippen molar-refractivity contribution in [1.29, 1.82) is 0 Å². The van der Waals surface area contributed by atoms with E-state index in [1.165, 1.54) is 0 Å². The number of hydrogen-bond donors (Lipinski definition) is 1. The molecule has 8 nitrogen and oxygen atoms in total. The molecule has 1 N–H and O–H groups in total. The molecule has 0 radical (unpaired) electrons. The van der Waals surface area contributed by atoms with Crippen LogP contribution in [0.3, 0.4) is 0 Å². The number of carbonyl (C=O) groups is 2. The Labute approximate surface area is 139 Å². The molecule has 1 saturated heterocycles. The smallest absolute Gasteiger partial charge is 0.239 e. The number of nitrogens with zero attached hydrogens (tertiary/aromatic N) is 5. The van der Waals surface area contributed by atoms with Crippen molar-refractivity contribution in [1.82, 2.24) is 25.5 Å². The lowest BCUT2D eigenvalue weighted by Crippen LogP contribution is -2.38. The first-order valence-electron chi connectivity index (χ1n) is 8.10. The maximum absolute atomic E-state index is 12.5. The average Bonchev–Trinajstić information content (AvgIpc) is 3.21. The van der Waals surface area contributed by atoms with Gasteiger partial charge in [-0.15, -0.1) is 5.10 Å². The average molecular weight is 328 g/mol. The molecule has 0 saturated carbocycles. The summed E-state index contributed by atoms with van der Waals surface area (Å²) in [5.41, 5.74) is 0.832. The van der Waals surface area contributed by atoms with Gasteiger partial charge in [0.05, 0.1) is 6.54 Å². The number of benzene rings is 1. The second kappa shape index (κ2) is 7.20. The summed E-state index contributed by atoms with van der Waals surface area (Å²) >= 11 is 0. The summed E-state index contributed by atoms with van der Waals surface area (Å²) in [6.45, 7) is 3.42. The van der Waals surface area contributed by atoms with E-state index in [0.29, 0.717) is 26.1 Å². The molecular weight excluding hydrogens is 308 g/mol. The van der Waals surface area contributed by atoms with Gasteiger partial charge < -0.3 is 10.2 Å². The molecule has 2 heterocycles. The van der Waals surface area contributed by atoms with Crippen molar-refractivity contribution >= 4 is 17.5 Å². The second-order valence-electron chi connectivity index (χ2n) is 5.63. The summed E-state index contributed by atoms with van der Waals surface area (Å²) in [6, 6.07) is 9.42.